The summed E-state index contributed by atoms with van der Waals surface area (Å²) in [5.41, 5.74) is 1.92. The molecule has 7 nitrogen and oxygen atoms in total. The molecule has 170 valence electrons. The van der Waals surface area contributed by atoms with E-state index >= 15 is 0 Å². The van der Waals surface area contributed by atoms with Gasteiger partial charge in [0, 0.05) is 31.9 Å². The summed E-state index contributed by atoms with van der Waals surface area (Å²) < 4.78 is 7.51. The third-order valence-corrected chi connectivity index (χ3v) is 7.19. The van der Waals surface area contributed by atoms with Gasteiger partial charge >= 0.3 is 0 Å². The molecule has 1 N–H and O–H groups in total. The van der Waals surface area contributed by atoms with Crippen LogP contribution in [0.4, 0.5) is 0 Å². The molecule has 0 amide bonds. The maximum atomic E-state index is 13.4. The van der Waals surface area contributed by atoms with Gasteiger partial charge in [-0.15, -0.1) is 0 Å². The molecule has 2 aliphatic rings. The van der Waals surface area contributed by atoms with E-state index < -0.39 is 0 Å². The van der Waals surface area contributed by atoms with Crippen molar-refractivity contribution in [3.8, 4) is 0 Å². The molecule has 3 heterocycles. The Morgan fingerprint density at radius 3 is 2.77 bits per heavy atom. The molecule has 0 radical (unpaired) electrons. The van der Waals surface area contributed by atoms with Crippen molar-refractivity contribution < 1.29 is 9.84 Å². The minimum absolute atomic E-state index is 0.0244. The smallest absolute Gasteiger partial charge is 0.261 e. The van der Waals surface area contributed by atoms with Crippen LogP contribution in [0.1, 0.15) is 63.3 Å². The first-order valence-electron chi connectivity index (χ1n) is 11.8. The van der Waals surface area contributed by atoms with Crippen LogP contribution in [0.25, 0.3) is 10.9 Å². The molecule has 1 saturated heterocycles. The lowest BCUT2D eigenvalue weighted by Crippen LogP contribution is -2.46. The molecule has 1 aliphatic carbocycles. The lowest BCUT2D eigenvalue weighted by molar-refractivity contribution is -0.000521. The number of hydrogen-bond acceptors (Lipinski definition) is 6. The highest BCUT2D eigenvalue weighted by Gasteiger charge is 2.26. The first kappa shape index (κ1) is 22.4. The van der Waals surface area contributed by atoms with Crippen LogP contribution in [0, 0.1) is 5.92 Å². The molecule has 4 rings (SSSR count). The number of nitrogens with zero attached hydrogens (tertiary/aromatic N) is 4. The van der Waals surface area contributed by atoms with Gasteiger partial charge in [-0.25, -0.2) is 9.97 Å². The van der Waals surface area contributed by atoms with E-state index in [0.717, 1.165) is 68.6 Å². The van der Waals surface area contributed by atoms with Gasteiger partial charge in [0.2, 0.25) is 0 Å². The number of likely N-dealkylation sites (N-methyl/N-ethyl adjacent to an activating group) is 1. The number of morpholine rings is 1. The number of pyridine rings is 1. The summed E-state index contributed by atoms with van der Waals surface area (Å²) in [7, 11) is 2.09. The van der Waals surface area contributed by atoms with Crippen LogP contribution in [-0.2, 0) is 17.7 Å². The van der Waals surface area contributed by atoms with E-state index in [1.165, 1.54) is 0 Å². The summed E-state index contributed by atoms with van der Waals surface area (Å²) in [4.78, 5) is 25.1. The largest absolute Gasteiger partial charge is 0.393 e. The quantitative estimate of drug-likeness (QED) is 0.762. The highest BCUT2D eigenvalue weighted by molar-refractivity contribution is 5.80. The van der Waals surface area contributed by atoms with Crippen molar-refractivity contribution in [1.82, 2.24) is 19.4 Å². The molecular formula is C24H36N4O3. The van der Waals surface area contributed by atoms with Gasteiger partial charge in [0.25, 0.3) is 5.56 Å². The van der Waals surface area contributed by atoms with Gasteiger partial charge in [-0.3, -0.25) is 9.69 Å². The molecule has 0 spiro atoms. The Labute approximate surface area is 184 Å². The molecule has 2 fully saturated rings. The van der Waals surface area contributed by atoms with Crippen LogP contribution < -0.4 is 5.56 Å². The first-order chi connectivity index (χ1) is 15.0. The topological polar surface area (TPSA) is 80.5 Å². The first-order valence-corrected chi connectivity index (χ1v) is 11.8. The molecular weight excluding hydrogens is 392 g/mol. The van der Waals surface area contributed by atoms with E-state index in [0.29, 0.717) is 30.4 Å². The molecule has 7 heteroatoms. The van der Waals surface area contributed by atoms with Crippen molar-refractivity contribution >= 4 is 10.9 Å². The second kappa shape index (κ2) is 9.76. The van der Waals surface area contributed by atoms with Crippen LogP contribution in [-0.4, -0.2) is 63.5 Å². The van der Waals surface area contributed by atoms with Crippen LogP contribution in [0.15, 0.2) is 17.2 Å². The van der Waals surface area contributed by atoms with Crippen molar-refractivity contribution in [2.24, 2.45) is 5.92 Å². The van der Waals surface area contributed by atoms with Gasteiger partial charge in [0.15, 0.2) is 0 Å². The normalized spacial score (nSPS) is 26.3. The second-order valence-corrected chi connectivity index (χ2v) is 9.52. The second-order valence-electron chi connectivity index (χ2n) is 9.52. The molecule has 2 aromatic rings. The van der Waals surface area contributed by atoms with Crippen LogP contribution in [0.3, 0.4) is 0 Å². The summed E-state index contributed by atoms with van der Waals surface area (Å²) in [6.45, 7) is 7.23. The van der Waals surface area contributed by atoms with Gasteiger partial charge in [-0.05, 0) is 50.1 Å². The van der Waals surface area contributed by atoms with Crippen LogP contribution >= 0.6 is 0 Å². The average Bonchev–Trinajstić information content (AvgIpc) is 2.77. The van der Waals surface area contributed by atoms with Crippen molar-refractivity contribution in [3.63, 3.8) is 0 Å². The maximum absolute atomic E-state index is 13.4. The van der Waals surface area contributed by atoms with Gasteiger partial charge in [0.1, 0.15) is 5.82 Å². The van der Waals surface area contributed by atoms with Gasteiger partial charge < -0.3 is 14.4 Å². The average molecular weight is 429 g/mol. The zero-order chi connectivity index (χ0) is 22.0. The summed E-state index contributed by atoms with van der Waals surface area (Å²) in [6, 6.07) is 0.176. The Balaban J connectivity index is 1.75. The van der Waals surface area contributed by atoms with Gasteiger partial charge in [-0.1, -0.05) is 20.3 Å². The Kier molecular flexibility index (Phi) is 7.04. The van der Waals surface area contributed by atoms with E-state index in [2.05, 4.69) is 30.8 Å². The van der Waals surface area contributed by atoms with E-state index in [1.807, 2.05) is 10.8 Å². The number of hydrogen-bond donors (Lipinski definition) is 1. The highest BCUT2D eigenvalue weighted by Crippen LogP contribution is 2.35. The minimum Gasteiger partial charge on any atom is -0.393 e. The minimum atomic E-state index is -0.211. The standard InChI is InChI=1S/C24H36N4O3/c1-4-16(2)11-22-25-12-20-23(26-22)21(17-5-7-19(29)8-6-17)14-28(24(20)30)13-18-15-31-10-9-27(18)3/h12,14,16-19,29H,4-11,13,15H2,1-3H3/t16-,17?,18-,19?/m0/s1. The summed E-state index contributed by atoms with van der Waals surface area (Å²) in [6.07, 6.45) is 8.91. The molecule has 0 aromatic carbocycles. The maximum Gasteiger partial charge on any atom is 0.261 e. The lowest BCUT2D eigenvalue weighted by atomic mass is 9.82. The van der Waals surface area contributed by atoms with E-state index in [9.17, 15) is 9.90 Å². The Bertz CT molecular complexity index is 952. The van der Waals surface area contributed by atoms with Gasteiger partial charge in [0.05, 0.1) is 36.3 Å². The number of aromatic nitrogens is 3. The molecule has 1 saturated carbocycles. The molecule has 0 unspecified atom stereocenters. The van der Waals surface area contributed by atoms with Crippen molar-refractivity contribution in [2.45, 2.75) is 77.0 Å². The molecule has 2 aromatic heterocycles. The van der Waals surface area contributed by atoms with Crippen molar-refractivity contribution in [3.05, 3.63) is 34.1 Å². The lowest BCUT2D eigenvalue weighted by Gasteiger charge is -2.33. The number of fused-ring (bicyclic) bond motifs is 1. The van der Waals surface area contributed by atoms with Crippen molar-refractivity contribution in [1.29, 1.82) is 0 Å². The summed E-state index contributed by atoms with van der Waals surface area (Å²) >= 11 is 0. The van der Waals surface area contributed by atoms with E-state index in [1.54, 1.807) is 6.20 Å². The molecule has 1 aliphatic heterocycles. The zero-order valence-electron chi connectivity index (χ0n) is 19.1. The Morgan fingerprint density at radius 1 is 1.29 bits per heavy atom. The highest BCUT2D eigenvalue weighted by atomic mass is 16.5. The molecule has 2 atom stereocenters. The van der Waals surface area contributed by atoms with Crippen molar-refractivity contribution in [2.75, 3.05) is 26.8 Å². The van der Waals surface area contributed by atoms with E-state index in [-0.39, 0.29) is 17.7 Å². The number of aliphatic hydroxyl groups excluding tert-OH is 1. The SMILES string of the molecule is CC[C@H](C)Cc1ncc2c(=O)n(C[C@H]3COCCN3C)cc(C3CCC(O)CC3)c2n1. The summed E-state index contributed by atoms with van der Waals surface area (Å²) in [5, 5.41) is 10.6. The van der Waals surface area contributed by atoms with Gasteiger partial charge in [-0.2, -0.15) is 0 Å². The van der Waals surface area contributed by atoms with Crippen LogP contribution in [0.5, 0.6) is 0 Å². The molecule has 31 heavy (non-hydrogen) atoms. The van der Waals surface area contributed by atoms with Crippen LogP contribution in [0.2, 0.25) is 0 Å². The monoisotopic (exact) mass is 428 g/mol. The third-order valence-electron chi connectivity index (χ3n) is 7.19. The number of ether oxygens (including phenoxy) is 1. The predicted molar refractivity (Wildman–Crippen MR) is 121 cm³/mol. The summed E-state index contributed by atoms with van der Waals surface area (Å²) in [5.74, 6) is 1.63. The predicted octanol–water partition coefficient (Wildman–Crippen LogP) is 2.73. The fourth-order valence-corrected chi connectivity index (χ4v) is 4.77. The zero-order valence-corrected chi connectivity index (χ0v) is 19.1. The number of rotatable bonds is 6. The number of aliphatic hydroxyl groups is 1. The fourth-order valence-electron chi connectivity index (χ4n) is 4.77. The molecule has 0 bridgehead atoms. The Morgan fingerprint density at radius 2 is 2.06 bits per heavy atom. The fraction of sp³-hybridized carbons (Fsp3) is 0.708. The Hall–Kier alpha value is -1.83. The van der Waals surface area contributed by atoms with E-state index in [4.69, 9.17) is 9.72 Å². The third kappa shape index (κ3) is 4.99.